The van der Waals surface area contributed by atoms with Gasteiger partial charge in [-0.2, -0.15) is 0 Å². The van der Waals surface area contributed by atoms with Crippen molar-refractivity contribution in [3.8, 4) is 0 Å². The molecule has 8 heteroatoms. The Labute approximate surface area is 122 Å². The normalized spacial score (nSPS) is 20.8. The molecule has 1 aromatic heterocycles. The fourth-order valence-electron chi connectivity index (χ4n) is 2.13. The number of sulfonamides is 1. The smallest absolute Gasteiger partial charge is 0.349 e. The molecule has 0 unspecified atom stereocenters. The molecule has 1 fully saturated rings. The topological polar surface area (TPSA) is 81.7 Å². The van der Waals surface area contributed by atoms with Crippen LogP contribution in [0.15, 0.2) is 16.3 Å². The number of carbonyl (C=O) groups excluding carboxylic acids is 1. The second-order valence-electron chi connectivity index (χ2n) is 4.57. The number of thiophene rings is 1. The Morgan fingerprint density at radius 2 is 2.35 bits per heavy atom. The molecule has 0 amide bonds. The molecule has 0 radical (unpaired) electrons. The van der Waals surface area contributed by atoms with Gasteiger partial charge in [0.15, 0.2) is 0 Å². The van der Waals surface area contributed by atoms with Gasteiger partial charge in [-0.25, -0.2) is 17.9 Å². The van der Waals surface area contributed by atoms with Gasteiger partial charge in [0.2, 0.25) is 10.0 Å². The van der Waals surface area contributed by atoms with Crippen LogP contribution >= 0.6 is 11.3 Å². The molecule has 0 spiro atoms. The van der Waals surface area contributed by atoms with Crippen molar-refractivity contribution in [2.75, 3.05) is 13.7 Å². The number of nitrogens with one attached hydrogen (secondary N) is 1. The van der Waals surface area contributed by atoms with Crippen molar-refractivity contribution in [3.05, 3.63) is 16.3 Å². The lowest BCUT2D eigenvalue weighted by Gasteiger charge is -2.19. The number of hydrogen-bond acceptors (Lipinski definition) is 6. The molecule has 1 N–H and O–H groups in total. The summed E-state index contributed by atoms with van der Waals surface area (Å²) in [5.41, 5.74) is 0. The molecule has 1 aliphatic rings. The van der Waals surface area contributed by atoms with Crippen LogP contribution in [0.3, 0.4) is 0 Å². The Bertz CT molecular complexity index is 574. The van der Waals surface area contributed by atoms with Crippen LogP contribution in [-0.4, -0.2) is 40.2 Å². The van der Waals surface area contributed by atoms with Crippen molar-refractivity contribution < 1.29 is 22.7 Å². The molecule has 1 saturated heterocycles. The molecule has 2 heterocycles. The highest BCUT2D eigenvalue weighted by atomic mass is 32.2. The summed E-state index contributed by atoms with van der Waals surface area (Å²) in [6.45, 7) is 2.42. The first-order valence-electron chi connectivity index (χ1n) is 6.25. The minimum absolute atomic E-state index is 0.0424. The maximum absolute atomic E-state index is 12.3. The first kappa shape index (κ1) is 15.4. The van der Waals surface area contributed by atoms with Gasteiger partial charge in [-0.15, -0.1) is 11.3 Å². The molecule has 1 aliphatic heterocycles. The molecule has 2 atom stereocenters. The maximum atomic E-state index is 12.3. The summed E-state index contributed by atoms with van der Waals surface area (Å²) in [7, 11) is -2.54. The van der Waals surface area contributed by atoms with Crippen LogP contribution < -0.4 is 4.72 Å². The van der Waals surface area contributed by atoms with E-state index in [0.29, 0.717) is 6.61 Å². The van der Waals surface area contributed by atoms with E-state index in [1.165, 1.54) is 13.2 Å². The molecular formula is C12H17NO5S2. The molecule has 0 aromatic carbocycles. The largest absolute Gasteiger partial charge is 0.465 e. The van der Waals surface area contributed by atoms with Gasteiger partial charge in [0.1, 0.15) is 9.77 Å². The number of hydrogen-bond donors (Lipinski definition) is 1. The highest BCUT2D eigenvalue weighted by Crippen LogP contribution is 2.24. The number of ether oxygens (including phenoxy) is 2. The maximum Gasteiger partial charge on any atom is 0.349 e. The predicted octanol–water partition coefficient (Wildman–Crippen LogP) is 1.38. The van der Waals surface area contributed by atoms with E-state index in [1.807, 2.05) is 0 Å². The second kappa shape index (κ2) is 6.21. The van der Waals surface area contributed by atoms with Crippen LogP contribution in [-0.2, 0) is 19.5 Å². The molecular weight excluding hydrogens is 302 g/mol. The summed E-state index contributed by atoms with van der Waals surface area (Å²) in [5, 5.41) is 1.55. The van der Waals surface area contributed by atoms with Gasteiger partial charge < -0.3 is 9.47 Å². The monoisotopic (exact) mass is 319 g/mol. The summed E-state index contributed by atoms with van der Waals surface area (Å²) >= 11 is 1.04. The van der Waals surface area contributed by atoms with E-state index in [4.69, 9.17) is 4.74 Å². The zero-order chi connectivity index (χ0) is 14.8. The first-order valence-corrected chi connectivity index (χ1v) is 8.61. The van der Waals surface area contributed by atoms with Gasteiger partial charge >= 0.3 is 5.97 Å². The fraction of sp³-hybridized carbons (Fsp3) is 0.583. The SMILES string of the molecule is COC(=O)c1sccc1S(=O)(=O)N[C@@H](C)[C@@H]1CCCO1. The van der Waals surface area contributed by atoms with Crippen LogP contribution in [0.4, 0.5) is 0 Å². The van der Waals surface area contributed by atoms with Crippen LogP contribution in [0, 0.1) is 0 Å². The third-order valence-electron chi connectivity index (χ3n) is 3.15. The molecule has 112 valence electrons. The van der Waals surface area contributed by atoms with E-state index in [9.17, 15) is 13.2 Å². The molecule has 1 aromatic rings. The highest BCUT2D eigenvalue weighted by Gasteiger charge is 2.30. The van der Waals surface area contributed by atoms with Crippen molar-refractivity contribution in [3.63, 3.8) is 0 Å². The first-order chi connectivity index (χ1) is 9.45. The number of rotatable bonds is 5. The van der Waals surface area contributed by atoms with Crippen molar-refractivity contribution >= 4 is 27.3 Å². The van der Waals surface area contributed by atoms with E-state index >= 15 is 0 Å². The number of esters is 1. The van der Waals surface area contributed by atoms with E-state index < -0.39 is 16.0 Å². The van der Waals surface area contributed by atoms with Crippen molar-refractivity contribution in [1.29, 1.82) is 0 Å². The van der Waals surface area contributed by atoms with Crippen LogP contribution in [0.25, 0.3) is 0 Å². The third kappa shape index (κ3) is 3.20. The summed E-state index contributed by atoms with van der Waals surface area (Å²) < 4.78 is 37.3. The van der Waals surface area contributed by atoms with Crippen molar-refractivity contribution in [2.45, 2.75) is 36.8 Å². The minimum Gasteiger partial charge on any atom is -0.465 e. The molecule has 20 heavy (non-hydrogen) atoms. The highest BCUT2D eigenvalue weighted by molar-refractivity contribution is 7.89. The number of carbonyl (C=O) groups is 1. The van der Waals surface area contributed by atoms with Gasteiger partial charge in [0.25, 0.3) is 0 Å². The van der Waals surface area contributed by atoms with Gasteiger partial charge in [0.05, 0.1) is 13.2 Å². The lowest BCUT2D eigenvalue weighted by molar-refractivity contribution is 0.0602. The van der Waals surface area contributed by atoms with Crippen LogP contribution in [0.1, 0.15) is 29.4 Å². The average Bonchev–Trinajstić information content (AvgIpc) is 3.08. The van der Waals surface area contributed by atoms with Crippen molar-refractivity contribution in [1.82, 2.24) is 4.72 Å². The Balaban J connectivity index is 2.18. The average molecular weight is 319 g/mol. The summed E-state index contributed by atoms with van der Waals surface area (Å²) in [6, 6.07) is 1.06. The zero-order valence-electron chi connectivity index (χ0n) is 11.3. The number of methoxy groups -OCH3 is 1. The van der Waals surface area contributed by atoms with Gasteiger partial charge in [0, 0.05) is 12.6 Å². The fourth-order valence-corrected chi connectivity index (χ4v) is 4.74. The Hall–Kier alpha value is -0.960. The molecule has 0 aliphatic carbocycles. The lowest BCUT2D eigenvalue weighted by Crippen LogP contribution is -2.41. The van der Waals surface area contributed by atoms with Crippen LogP contribution in [0.2, 0.25) is 0 Å². The molecule has 2 rings (SSSR count). The Morgan fingerprint density at radius 1 is 1.60 bits per heavy atom. The quantitative estimate of drug-likeness (QED) is 0.829. The van der Waals surface area contributed by atoms with E-state index in [-0.39, 0.29) is 21.9 Å². The minimum atomic E-state index is -3.76. The second-order valence-corrected chi connectivity index (χ2v) is 7.17. The van der Waals surface area contributed by atoms with Gasteiger partial charge in [-0.05, 0) is 31.2 Å². The summed E-state index contributed by atoms with van der Waals surface area (Å²) in [5.74, 6) is -0.648. The lowest BCUT2D eigenvalue weighted by atomic mass is 10.1. The summed E-state index contributed by atoms with van der Waals surface area (Å²) in [4.78, 5) is 11.6. The van der Waals surface area contributed by atoms with E-state index in [2.05, 4.69) is 9.46 Å². The van der Waals surface area contributed by atoms with E-state index in [1.54, 1.807) is 12.3 Å². The van der Waals surface area contributed by atoms with E-state index in [0.717, 1.165) is 24.2 Å². The van der Waals surface area contributed by atoms with Gasteiger partial charge in [-0.3, -0.25) is 0 Å². The van der Waals surface area contributed by atoms with Crippen LogP contribution in [0.5, 0.6) is 0 Å². The zero-order valence-corrected chi connectivity index (χ0v) is 12.9. The third-order valence-corrected chi connectivity index (χ3v) is 5.78. The summed E-state index contributed by atoms with van der Waals surface area (Å²) in [6.07, 6.45) is 1.64. The Kier molecular flexibility index (Phi) is 4.79. The molecule has 6 nitrogen and oxygen atoms in total. The van der Waals surface area contributed by atoms with Gasteiger partial charge in [-0.1, -0.05) is 0 Å². The van der Waals surface area contributed by atoms with Crippen molar-refractivity contribution in [2.24, 2.45) is 0 Å². The Morgan fingerprint density at radius 3 is 2.95 bits per heavy atom. The predicted molar refractivity (Wildman–Crippen MR) is 74.4 cm³/mol. The molecule has 0 bridgehead atoms. The molecule has 0 saturated carbocycles. The standard InChI is InChI=1S/C12H17NO5S2/c1-8(9-4-3-6-18-9)13-20(15,16)10-5-7-19-11(10)12(14)17-2/h5,7-9,13H,3-4,6H2,1-2H3/t8-,9-/m0/s1.